The van der Waals surface area contributed by atoms with Crippen molar-refractivity contribution >= 4 is 11.5 Å². The lowest BCUT2D eigenvalue weighted by atomic mass is 10.1. The van der Waals surface area contributed by atoms with E-state index in [0.717, 1.165) is 35.8 Å². The molecule has 3 rings (SSSR count). The quantitative estimate of drug-likeness (QED) is 0.786. The van der Waals surface area contributed by atoms with Crippen molar-refractivity contribution in [2.45, 2.75) is 6.92 Å². The summed E-state index contributed by atoms with van der Waals surface area (Å²) < 4.78 is 1.89. The van der Waals surface area contributed by atoms with Gasteiger partial charge in [0.15, 0.2) is 5.65 Å². The second kappa shape index (κ2) is 6.15. The van der Waals surface area contributed by atoms with Gasteiger partial charge in [0.05, 0.1) is 11.9 Å². The Balaban J connectivity index is 1.90. The van der Waals surface area contributed by atoms with E-state index in [4.69, 9.17) is 0 Å². The second-order valence-corrected chi connectivity index (χ2v) is 5.73. The van der Waals surface area contributed by atoms with Gasteiger partial charge in [-0.2, -0.15) is 0 Å². The molecule has 0 atom stereocenters. The Morgan fingerprint density at radius 2 is 1.86 bits per heavy atom. The Morgan fingerprint density at radius 1 is 1.09 bits per heavy atom. The van der Waals surface area contributed by atoms with Crippen molar-refractivity contribution in [3.05, 3.63) is 48.2 Å². The molecule has 5 nitrogen and oxygen atoms in total. The molecule has 2 aromatic heterocycles. The molecule has 0 aliphatic rings. The highest BCUT2D eigenvalue weighted by molar-refractivity contribution is 5.63. The van der Waals surface area contributed by atoms with Crippen molar-refractivity contribution < 1.29 is 0 Å². The van der Waals surface area contributed by atoms with Crippen molar-refractivity contribution in [1.82, 2.24) is 19.5 Å². The molecule has 0 saturated carbocycles. The molecule has 5 heteroatoms. The molecule has 0 unspecified atom stereocenters. The highest BCUT2D eigenvalue weighted by Crippen LogP contribution is 2.21. The van der Waals surface area contributed by atoms with Crippen LogP contribution in [0.1, 0.15) is 5.56 Å². The van der Waals surface area contributed by atoms with Crippen LogP contribution in [0.2, 0.25) is 0 Å². The number of benzene rings is 1. The van der Waals surface area contributed by atoms with E-state index < -0.39 is 0 Å². The number of hydrogen-bond acceptors (Lipinski definition) is 4. The largest absolute Gasteiger partial charge is 0.367 e. The molecule has 0 aliphatic carbocycles. The van der Waals surface area contributed by atoms with E-state index in [1.165, 1.54) is 5.56 Å². The van der Waals surface area contributed by atoms with Gasteiger partial charge in [-0.3, -0.25) is 0 Å². The molecule has 0 saturated heterocycles. The maximum atomic E-state index is 4.66. The molecule has 1 N–H and O–H groups in total. The van der Waals surface area contributed by atoms with Gasteiger partial charge in [-0.05, 0) is 33.2 Å². The lowest BCUT2D eigenvalue weighted by molar-refractivity contribution is 0.425. The fourth-order valence-electron chi connectivity index (χ4n) is 2.30. The number of aryl methyl sites for hydroxylation is 1. The number of fused-ring (bicyclic) bond motifs is 1. The highest BCUT2D eigenvalue weighted by atomic mass is 15.3. The normalized spacial score (nSPS) is 11.3. The van der Waals surface area contributed by atoms with Crippen LogP contribution in [0.3, 0.4) is 0 Å². The molecule has 0 spiro atoms. The summed E-state index contributed by atoms with van der Waals surface area (Å²) in [6, 6.07) is 12.4. The molecular weight excluding hydrogens is 274 g/mol. The van der Waals surface area contributed by atoms with Crippen LogP contribution >= 0.6 is 0 Å². The zero-order valence-corrected chi connectivity index (χ0v) is 13.2. The van der Waals surface area contributed by atoms with Crippen LogP contribution in [0, 0.1) is 6.92 Å². The molecule has 22 heavy (non-hydrogen) atoms. The van der Waals surface area contributed by atoms with Crippen molar-refractivity contribution in [1.29, 1.82) is 0 Å². The first-order valence-electron chi connectivity index (χ1n) is 7.44. The van der Waals surface area contributed by atoms with Gasteiger partial charge in [0, 0.05) is 18.7 Å². The van der Waals surface area contributed by atoms with Crippen molar-refractivity contribution in [2.75, 3.05) is 32.5 Å². The Morgan fingerprint density at radius 3 is 2.59 bits per heavy atom. The smallest absolute Gasteiger partial charge is 0.154 e. The summed E-state index contributed by atoms with van der Waals surface area (Å²) in [5.74, 6) is 0.862. The molecule has 0 amide bonds. The van der Waals surface area contributed by atoms with Crippen LogP contribution in [0.15, 0.2) is 42.6 Å². The number of imidazole rings is 1. The predicted octanol–water partition coefficient (Wildman–Crippen LogP) is 2.68. The zero-order valence-electron chi connectivity index (χ0n) is 13.2. The first-order valence-corrected chi connectivity index (χ1v) is 7.44. The molecule has 0 radical (unpaired) electrons. The number of likely N-dealkylation sites (N-methyl/N-ethyl adjacent to an activating group) is 1. The van der Waals surface area contributed by atoms with Crippen LogP contribution in [0.5, 0.6) is 0 Å². The number of rotatable bonds is 5. The topological polar surface area (TPSA) is 45.5 Å². The summed E-state index contributed by atoms with van der Waals surface area (Å²) in [7, 11) is 4.12. The summed E-state index contributed by atoms with van der Waals surface area (Å²) in [5, 5.41) is 8.00. The summed E-state index contributed by atoms with van der Waals surface area (Å²) >= 11 is 0. The zero-order chi connectivity index (χ0) is 15.5. The third-order valence-corrected chi connectivity index (χ3v) is 3.57. The fourth-order valence-corrected chi connectivity index (χ4v) is 2.30. The molecule has 0 bridgehead atoms. The van der Waals surface area contributed by atoms with E-state index in [1.807, 2.05) is 22.8 Å². The monoisotopic (exact) mass is 295 g/mol. The maximum absolute atomic E-state index is 4.66. The van der Waals surface area contributed by atoms with E-state index in [0.29, 0.717) is 0 Å². The summed E-state index contributed by atoms with van der Waals surface area (Å²) in [6.45, 7) is 3.91. The Bertz CT molecular complexity index is 758. The van der Waals surface area contributed by atoms with Crippen molar-refractivity contribution in [3.63, 3.8) is 0 Å². The molecule has 0 fully saturated rings. The van der Waals surface area contributed by atoms with E-state index in [9.17, 15) is 0 Å². The first-order chi connectivity index (χ1) is 10.6. The highest BCUT2D eigenvalue weighted by Gasteiger charge is 2.07. The van der Waals surface area contributed by atoms with Gasteiger partial charge in [-0.15, -0.1) is 5.10 Å². The second-order valence-electron chi connectivity index (χ2n) is 5.73. The van der Waals surface area contributed by atoms with Gasteiger partial charge in [0.2, 0.25) is 0 Å². The number of aromatic nitrogens is 3. The number of hydrogen-bond donors (Lipinski definition) is 1. The van der Waals surface area contributed by atoms with Gasteiger partial charge in [-0.25, -0.2) is 9.50 Å². The minimum atomic E-state index is 0.855. The van der Waals surface area contributed by atoms with Crippen LogP contribution in [0.25, 0.3) is 16.9 Å². The SMILES string of the molecule is Cc1ccc(-c2cnc3ccc(NCCN(C)C)nn23)cc1. The standard InChI is InChI=1S/C17H21N5/c1-13-4-6-14(7-5-13)15-12-19-17-9-8-16(20-22(15)17)18-10-11-21(2)3/h4-9,12H,10-11H2,1-3H3,(H,18,20). The third kappa shape index (κ3) is 3.09. The maximum Gasteiger partial charge on any atom is 0.154 e. The molecule has 2 heterocycles. The Kier molecular flexibility index (Phi) is 4.06. The molecule has 0 aliphatic heterocycles. The van der Waals surface area contributed by atoms with E-state index in [1.54, 1.807) is 0 Å². The predicted molar refractivity (Wildman–Crippen MR) is 90.2 cm³/mol. The van der Waals surface area contributed by atoms with Crippen LogP contribution in [-0.2, 0) is 0 Å². The minimum absolute atomic E-state index is 0.855. The molecule has 1 aromatic carbocycles. The lowest BCUT2D eigenvalue weighted by Gasteiger charge is -2.11. The molecule has 3 aromatic rings. The van der Waals surface area contributed by atoms with Gasteiger partial charge in [-0.1, -0.05) is 29.8 Å². The van der Waals surface area contributed by atoms with Crippen molar-refractivity contribution in [2.24, 2.45) is 0 Å². The van der Waals surface area contributed by atoms with Crippen LogP contribution in [0.4, 0.5) is 5.82 Å². The summed E-state index contributed by atoms with van der Waals surface area (Å²) in [4.78, 5) is 6.57. The molecule has 114 valence electrons. The average Bonchev–Trinajstić information content (AvgIpc) is 2.91. The minimum Gasteiger partial charge on any atom is -0.367 e. The number of anilines is 1. The van der Waals surface area contributed by atoms with E-state index in [2.05, 4.69) is 65.6 Å². The van der Waals surface area contributed by atoms with Gasteiger partial charge >= 0.3 is 0 Å². The third-order valence-electron chi connectivity index (χ3n) is 3.57. The average molecular weight is 295 g/mol. The van der Waals surface area contributed by atoms with Gasteiger partial charge in [0.1, 0.15) is 5.82 Å². The first kappa shape index (κ1) is 14.5. The number of nitrogens with zero attached hydrogens (tertiary/aromatic N) is 4. The Hall–Kier alpha value is -2.40. The van der Waals surface area contributed by atoms with E-state index in [-0.39, 0.29) is 0 Å². The Labute approximate surface area is 130 Å². The van der Waals surface area contributed by atoms with Gasteiger partial charge < -0.3 is 10.2 Å². The molecular formula is C17H21N5. The van der Waals surface area contributed by atoms with E-state index >= 15 is 0 Å². The fraction of sp³-hybridized carbons (Fsp3) is 0.294. The van der Waals surface area contributed by atoms with Crippen LogP contribution in [-0.4, -0.2) is 46.7 Å². The number of nitrogens with one attached hydrogen (secondary N) is 1. The van der Waals surface area contributed by atoms with Crippen molar-refractivity contribution in [3.8, 4) is 11.3 Å². The van der Waals surface area contributed by atoms with Gasteiger partial charge in [0.25, 0.3) is 0 Å². The van der Waals surface area contributed by atoms with Crippen LogP contribution < -0.4 is 5.32 Å². The summed E-state index contributed by atoms with van der Waals surface area (Å²) in [5.41, 5.74) is 4.23. The lowest BCUT2D eigenvalue weighted by Crippen LogP contribution is -2.21. The summed E-state index contributed by atoms with van der Waals surface area (Å²) in [6.07, 6.45) is 1.87.